The number of ether oxygens (including phenoxy) is 1. The Morgan fingerprint density at radius 2 is 2.35 bits per heavy atom. The largest absolute Gasteiger partial charge is 0.374 e. The van der Waals surface area contributed by atoms with Crippen LogP contribution in [0.25, 0.3) is 0 Å². The van der Waals surface area contributed by atoms with Crippen LogP contribution in [-0.4, -0.2) is 30.3 Å². The molecule has 1 aromatic heterocycles. The van der Waals surface area contributed by atoms with Gasteiger partial charge in [0.15, 0.2) is 0 Å². The average molecular weight is 229 g/mol. The SMILES string of the molecule is N#Cc1ccc(N2CCOC3CCCC32)cn1. The maximum absolute atomic E-state index is 8.74. The molecule has 0 amide bonds. The molecule has 2 fully saturated rings. The van der Waals surface area contributed by atoms with Crippen LogP contribution < -0.4 is 4.90 Å². The lowest BCUT2D eigenvalue weighted by Crippen LogP contribution is -2.48. The highest BCUT2D eigenvalue weighted by molar-refractivity contribution is 5.48. The second kappa shape index (κ2) is 4.34. The van der Waals surface area contributed by atoms with E-state index in [1.54, 1.807) is 12.3 Å². The van der Waals surface area contributed by atoms with Gasteiger partial charge in [-0.15, -0.1) is 0 Å². The first-order valence-corrected chi connectivity index (χ1v) is 6.13. The van der Waals surface area contributed by atoms with Crippen molar-refractivity contribution in [3.05, 3.63) is 24.0 Å². The molecule has 1 saturated carbocycles. The summed E-state index contributed by atoms with van der Waals surface area (Å²) in [5.41, 5.74) is 1.59. The van der Waals surface area contributed by atoms with E-state index in [2.05, 4.69) is 9.88 Å². The van der Waals surface area contributed by atoms with Gasteiger partial charge in [0.25, 0.3) is 0 Å². The van der Waals surface area contributed by atoms with Crippen LogP contribution in [0.2, 0.25) is 0 Å². The van der Waals surface area contributed by atoms with E-state index in [-0.39, 0.29) is 0 Å². The Balaban J connectivity index is 1.84. The third-order valence-corrected chi connectivity index (χ3v) is 3.68. The predicted molar refractivity (Wildman–Crippen MR) is 63.7 cm³/mol. The van der Waals surface area contributed by atoms with E-state index in [0.29, 0.717) is 17.8 Å². The van der Waals surface area contributed by atoms with Crippen molar-refractivity contribution in [1.82, 2.24) is 4.98 Å². The van der Waals surface area contributed by atoms with Gasteiger partial charge in [-0.25, -0.2) is 4.98 Å². The highest BCUT2D eigenvalue weighted by Crippen LogP contribution is 2.32. The summed E-state index contributed by atoms with van der Waals surface area (Å²) < 4.78 is 5.78. The third-order valence-electron chi connectivity index (χ3n) is 3.68. The molecule has 17 heavy (non-hydrogen) atoms. The third kappa shape index (κ3) is 1.87. The van der Waals surface area contributed by atoms with Gasteiger partial charge in [-0.3, -0.25) is 0 Å². The van der Waals surface area contributed by atoms with Gasteiger partial charge in [0.2, 0.25) is 0 Å². The zero-order chi connectivity index (χ0) is 11.7. The first-order chi connectivity index (χ1) is 8.38. The van der Waals surface area contributed by atoms with Crippen LogP contribution in [0.15, 0.2) is 18.3 Å². The second-order valence-electron chi connectivity index (χ2n) is 4.61. The number of rotatable bonds is 1. The number of nitriles is 1. The van der Waals surface area contributed by atoms with Crippen molar-refractivity contribution in [3.63, 3.8) is 0 Å². The minimum absolute atomic E-state index is 0.388. The lowest BCUT2D eigenvalue weighted by molar-refractivity contribution is 0.0256. The molecule has 0 spiro atoms. The van der Waals surface area contributed by atoms with Crippen molar-refractivity contribution < 1.29 is 4.74 Å². The molecule has 1 aliphatic carbocycles. The number of aromatic nitrogens is 1. The Hall–Kier alpha value is -1.60. The summed E-state index contributed by atoms with van der Waals surface area (Å²) in [6, 6.07) is 6.33. The van der Waals surface area contributed by atoms with E-state index < -0.39 is 0 Å². The van der Waals surface area contributed by atoms with Crippen molar-refractivity contribution >= 4 is 5.69 Å². The van der Waals surface area contributed by atoms with Crippen LogP contribution in [0.1, 0.15) is 25.0 Å². The van der Waals surface area contributed by atoms with Crippen LogP contribution in [0, 0.1) is 11.3 Å². The number of hydrogen-bond acceptors (Lipinski definition) is 4. The lowest BCUT2D eigenvalue weighted by atomic mass is 10.1. The van der Waals surface area contributed by atoms with E-state index in [9.17, 15) is 0 Å². The zero-order valence-corrected chi connectivity index (χ0v) is 9.67. The zero-order valence-electron chi connectivity index (χ0n) is 9.67. The summed E-state index contributed by atoms with van der Waals surface area (Å²) in [6.45, 7) is 1.72. The molecule has 1 aliphatic heterocycles. The highest BCUT2D eigenvalue weighted by Gasteiger charge is 2.36. The lowest BCUT2D eigenvalue weighted by Gasteiger charge is -2.39. The number of hydrogen-bond donors (Lipinski definition) is 0. The van der Waals surface area contributed by atoms with E-state index in [4.69, 9.17) is 10.00 Å². The Kier molecular flexibility index (Phi) is 2.69. The van der Waals surface area contributed by atoms with Gasteiger partial charge in [-0.1, -0.05) is 0 Å². The summed E-state index contributed by atoms with van der Waals surface area (Å²) in [7, 11) is 0. The normalized spacial score (nSPS) is 27.6. The van der Waals surface area contributed by atoms with E-state index in [1.165, 1.54) is 19.3 Å². The van der Waals surface area contributed by atoms with Crippen LogP contribution in [0.3, 0.4) is 0 Å². The Morgan fingerprint density at radius 1 is 1.41 bits per heavy atom. The monoisotopic (exact) mass is 229 g/mol. The molecule has 1 aromatic rings. The summed E-state index contributed by atoms with van der Waals surface area (Å²) in [4.78, 5) is 6.53. The first kappa shape index (κ1) is 10.5. The molecule has 0 N–H and O–H groups in total. The molecule has 1 saturated heterocycles. The second-order valence-corrected chi connectivity index (χ2v) is 4.61. The van der Waals surface area contributed by atoms with Gasteiger partial charge in [-0.05, 0) is 31.4 Å². The van der Waals surface area contributed by atoms with Crippen LogP contribution in [0.5, 0.6) is 0 Å². The topological polar surface area (TPSA) is 49.2 Å². The Morgan fingerprint density at radius 3 is 3.12 bits per heavy atom. The summed E-state index contributed by atoms with van der Waals surface area (Å²) in [5.74, 6) is 0. The standard InChI is InChI=1S/C13H15N3O/c14-8-10-4-5-11(9-15-10)16-6-7-17-13-3-1-2-12(13)16/h4-5,9,12-13H,1-3,6-7H2. The minimum Gasteiger partial charge on any atom is -0.374 e. The van der Waals surface area contributed by atoms with Gasteiger partial charge >= 0.3 is 0 Å². The quantitative estimate of drug-likeness (QED) is 0.735. The Bertz CT molecular complexity index is 437. The molecule has 0 radical (unpaired) electrons. The number of fused-ring (bicyclic) bond motifs is 1. The molecule has 88 valence electrons. The predicted octanol–water partition coefficient (Wildman–Crippen LogP) is 1.71. The van der Waals surface area contributed by atoms with Crippen molar-refractivity contribution in [2.24, 2.45) is 0 Å². The number of nitrogens with zero attached hydrogens (tertiary/aromatic N) is 3. The molecular weight excluding hydrogens is 214 g/mol. The molecule has 2 heterocycles. The summed E-state index contributed by atoms with van der Waals surface area (Å²) >= 11 is 0. The molecule has 2 atom stereocenters. The molecule has 3 rings (SSSR count). The molecule has 4 nitrogen and oxygen atoms in total. The van der Waals surface area contributed by atoms with Crippen molar-refractivity contribution in [2.75, 3.05) is 18.1 Å². The van der Waals surface area contributed by atoms with Crippen LogP contribution in [-0.2, 0) is 4.74 Å². The maximum Gasteiger partial charge on any atom is 0.140 e. The number of morpholine rings is 1. The number of anilines is 1. The Labute approximate surface area is 101 Å². The van der Waals surface area contributed by atoms with Crippen molar-refractivity contribution in [3.8, 4) is 6.07 Å². The first-order valence-electron chi connectivity index (χ1n) is 6.13. The van der Waals surface area contributed by atoms with Crippen molar-refractivity contribution in [2.45, 2.75) is 31.4 Å². The molecule has 2 aliphatic rings. The highest BCUT2D eigenvalue weighted by atomic mass is 16.5. The smallest absolute Gasteiger partial charge is 0.140 e. The molecule has 0 aromatic carbocycles. The fourth-order valence-corrected chi connectivity index (χ4v) is 2.87. The van der Waals surface area contributed by atoms with Gasteiger partial charge in [0, 0.05) is 6.54 Å². The van der Waals surface area contributed by atoms with Crippen molar-refractivity contribution in [1.29, 1.82) is 5.26 Å². The summed E-state index contributed by atoms with van der Waals surface area (Å²) in [6.07, 6.45) is 5.81. The summed E-state index contributed by atoms with van der Waals surface area (Å²) in [5, 5.41) is 8.74. The fourth-order valence-electron chi connectivity index (χ4n) is 2.87. The molecule has 4 heteroatoms. The minimum atomic E-state index is 0.388. The van der Waals surface area contributed by atoms with Gasteiger partial charge in [-0.2, -0.15) is 5.26 Å². The van der Waals surface area contributed by atoms with E-state index in [1.807, 2.05) is 12.1 Å². The van der Waals surface area contributed by atoms with Crippen LogP contribution in [0.4, 0.5) is 5.69 Å². The van der Waals surface area contributed by atoms with Gasteiger partial charge < -0.3 is 9.64 Å². The van der Waals surface area contributed by atoms with Crippen LogP contribution >= 0.6 is 0 Å². The fraction of sp³-hybridized carbons (Fsp3) is 0.538. The molecule has 2 unspecified atom stereocenters. The van der Waals surface area contributed by atoms with Gasteiger partial charge in [0.1, 0.15) is 11.8 Å². The molecular formula is C13H15N3O. The maximum atomic E-state index is 8.74. The number of pyridine rings is 1. The van der Waals surface area contributed by atoms with Gasteiger partial charge in [0.05, 0.1) is 30.6 Å². The molecule has 0 bridgehead atoms. The van der Waals surface area contributed by atoms with E-state index >= 15 is 0 Å². The average Bonchev–Trinajstić information content (AvgIpc) is 2.87. The van der Waals surface area contributed by atoms with E-state index in [0.717, 1.165) is 18.8 Å².